The van der Waals surface area contributed by atoms with Crippen LogP contribution in [0.1, 0.15) is 38.2 Å². The van der Waals surface area contributed by atoms with Crippen LogP contribution in [0.15, 0.2) is 6.20 Å². The third-order valence-electron chi connectivity index (χ3n) is 1.53. The zero-order valence-corrected chi connectivity index (χ0v) is 7.20. The topological polar surface area (TPSA) is 38.7 Å². The maximum Gasteiger partial charge on any atom is 0.150 e. The molecule has 1 rings (SSSR count). The van der Waals surface area contributed by atoms with Crippen molar-refractivity contribution < 1.29 is 0 Å². The molecule has 0 bridgehead atoms. The first-order chi connectivity index (χ1) is 5.24. The van der Waals surface area contributed by atoms with Crippen molar-refractivity contribution >= 4 is 0 Å². The van der Waals surface area contributed by atoms with Crippen LogP contribution in [-0.4, -0.2) is 15.2 Å². The summed E-state index contributed by atoms with van der Waals surface area (Å²) in [5.41, 5.74) is 0.960. The Kier molecular flexibility index (Phi) is 2.52. The van der Waals surface area contributed by atoms with E-state index in [0.29, 0.717) is 5.92 Å². The molecular formula is C8H13N3. The van der Waals surface area contributed by atoms with E-state index in [1.807, 2.05) is 6.92 Å². The van der Waals surface area contributed by atoms with Crippen LogP contribution in [0, 0.1) is 0 Å². The highest BCUT2D eigenvalue weighted by molar-refractivity contribution is 4.99. The molecule has 0 radical (unpaired) electrons. The second-order valence-corrected chi connectivity index (χ2v) is 2.81. The summed E-state index contributed by atoms with van der Waals surface area (Å²) in [6.45, 7) is 6.18. The van der Waals surface area contributed by atoms with Crippen LogP contribution < -0.4 is 0 Å². The molecule has 11 heavy (non-hydrogen) atoms. The predicted octanol–water partition coefficient (Wildman–Crippen LogP) is 1.56. The van der Waals surface area contributed by atoms with Gasteiger partial charge in [0.15, 0.2) is 5.82 Å². The van der Waals surface area contributed by atoms with E-state index in [-0.39, 0.29) is 0 Å². The zero-order valence-electron chi connectivity index (χ0n) is 7.20. The van der Waals surface area contributed by atoms with Crippen LogP contribution in [-0.2, 0) is 6.42 Å². The zero-order chi connectivity index (χ0) is 8.27. The van der Waals surface area contributed by atoms with Gasteiger partial charge >= 0.3 is 0 Å². The monoisotopic (exact) mass is 151 g/mol. The van der Waals surface area contributed by atoms with Gasteiger partial charge in [-0.1, -0.05) is 20.8 Å². The Morgan fingerprint density at radius 2 is 2.09 bits per heavy atom. The highest BCUT2D eigenvalue weighted by atomic mass is 15.2. The molecule has 3 nitrogen and oxygen atoms in total. The Labute approximate surface area is 66.9 Å². The lowest BCUT2D eigenvalue weighted by Crippen LogP contribution is -2.00. The first kappa shape index (κ1) is 8.11. The number of hydrogen-bond donors (Lipinski definition) is 0. The second-order valence-electron chi connectivity index (χ2n) is 2.81. The third-order valence-corrected chi connectivity index (χ3v) is 1.53. The Morgan fingerprint density at radius 1 is 1.36 bits per heavy atom. The molecule has 0 saturated carbocycles. The van der Waals surface area contributed by atoms with Crippen molar-refractivity contribution in [2.45, 2.75) is 33.1 Å². The molecule has 0 fully saturated rings. The smallest absolute Gasteiger partial charge is 0.150 e. The number of aryl methyl sites for hydroxylation is 1. The minimum Gasteiger partial charge on any atom is -0.237 e. The lowest BCUT2D eigenvalue weighted by Gasteiger charge is -2.01. The molecule has 0 spiro atoms. The fourth-order valence-electron chi connectivity index (χ4n) is 0.734. The van der Waals surface area contributed by atoms with E-state index in [0.717, 1.165) is 17.9 Å². The van der Waals surface area contributed by atoms with Crippen LogP contribution in [0.5, 0.6) is 0 Å². The maximum absolute atomic E-state index is 4.14. The standard InChI is InChI=1S/C8H13N3/c1-4-8-9-5-7(6(2)3)10-11-8/h5-6H,4H2,1-3H3. The summed E-state index contributed by atoms with van der Waals surface area (Å²) in [6, 6.07) is 0. The number of hydrogen-bond acceptors (Lipinski definition) is 3. The molecule has 0 saturated heterocycles. The summed E-state index contributed by atoms with van der Waals surface area (Å²) in [6.07, 6.45) is 2.65. The first-order valence-corrected chi connectivity index (χ1v) is 3.92. The van der Waals surface area contributed by atoms with Crippen LogP contribution in [0.3, 0.4) is 0 Å². The maximum atomic E-state index is 4.14. The summed E-state index contributed by atoms with van der Waals surface area (Å²) in [5, 5.41) is 7.99. The van der Waals surface area contributed by atoms with Crippen molar-refractivity contribution in [2.75, 3.05) is 0 Å². The quantitative estimate of drug-likeness (QED) is 0.643. The molecule has 0 unspecified atom stereocenters. The van der Waals surface area contributed by atoms with Gasteiger partial charge in [0.1, 0.15) is 0 Å². The molecule has 0 amide bonds. The fraction of sp³-hybridized carbons (Fsp3) is 0.625. The minimum atomic E-state index is 0.418. The van der Waals surface area contributed by atoms with Crippen molar-refractivity contribution in [1.29, 1.82) is 0 Å². The van der Waals surface area contributed by atoms with Crippen molar-refractivity contribution in [3.63, 3.8) is 0 Å². The van der Waals surface area contributed by atoms with Gasteiger partial charge in [-0.2, -0.15) is 5.10 Å². The second kappa shape index (κ2) is 3.42. The highest BCUT2D eigenvalue weighted by Gasteiger charge is 2.01. The minimum absolute atomic E-state index is 0.418. The van der Waals surface area contributed by atoms with E-state index < -0.39 is 0 Å². The number of rotatable bonds is 2. The van der Waals surface area contributed by atoms with Crippen molar-refractivity contribution in [2.24, 2.45) is 0 Å². The Hall–Kier alpha value is -0.990. The summed E-state index contributed by atoms with van der Waals surface area (Å²) >= 11 is 0. The van der Waals surface area contributed by atoms with E-state index in [1.165, 1.54) is 0 Å². The van der Waals surface area contributed by atoms with Crippen LogP contribution in [0.25, 0.3) is 0 Å². The van der Waals surface area contributed by atoms with Gasteiger partial charge in [0.25, 0.3) is 0 Å². The summed E-state index contributed by atoms with van der Waals surface area (Å²) in [7, 11) is 0. The molecule has 60 valence electrons. The van der Waals surface area contributed by atoms with Gasteiger partial charge in [-0.25, -0.2) is 4.98 Å². The van der Waals surface area contributed by atoms with Gasteiger partial charge in [-0.15, -0.1) is 5.10 Å². The molecular weight excluding hydrogens is 138 g/mol. The van der Waals surface area contributed by atoms with Gasteiger partial charge in [0.2, 0.25) is 0 Å². The van der Waals surface area contributed by atoms with E-state index >= 15 is 0 Å². The van der Waals surface area contributed by atoms with E-state index in [9.17, 15) is 0 Å². The average molecular weight is 151 g/mol. The van der Waals surface area contributed by atoms with Crippen LogP contribution in [0.2, 0.25) is 0 Å². The summed E-state index contributed by atoms with van der Waals surface area (Å²) < 4.78 is 0. The van der Waals surface area contributed by atoms with Crippen molar-refractivity contribution in [1.82, 2.24) is 15.2 Å². The van der Waals surface area contributed by atoms with Crippen LogP contribution >= 0.6 is 0 Å². The number of aromatic nitrogens is 3. The molecule has 0 aliphatic carbocycles. The largest absolute Gasteiger partial charge is 0.237 e. The lowest BCUT2D eigenvalue weighted by molar-refractivity contribution is 0.737. The van der Waals surface area contributed by atoms with Crippen molar-refractivity contribution in [3.8, 4) is 0 Å². The van der Waals surface area contributed by atoms with Gasteiger partial charge in [0, 0.05) is 6.42 Å². The van der Waals surface area contributed by atoms with Crippen molar-refractivity contribution in [3.05, 3.63) is 17.7 Å². The third kappa shape index (κ3) is 1.97. The normalized spacial score (nSPS) is 10.5. The van der Waals surface area contributed by atoms with E-state index in [2.05, 4.69) is 29.0 Å². The highest BCUT2D eigenvalue weighted by Crippen LogP contribution is 2.07. The molecule has 0 N–H and O–H groups in total. The molecule has 1 aromatic rings. The Balaban J connectivity index is 2.83. The van der Waals surface area contributed by atoms with Gasteiger partial charge < -0.3 is 0 Å². The van der Waals surface area contributed by atoms with E-state index in [4.69, 9.17) is 0 Å². The fourth-order valence-corrected chi connectivity index (χ4v) is 0.734. The lowest BCUT2D eigenvalue weighted by atomic mass is 10.1. The Bertz CT molecular complexity index is 215. The summed E-state index contributed by atoms with van der Waals surface area (Å²) in [5.74, 6) is 1.23. The molecule has 3 heteroatoms. The Morgan fingerprint density at radius 3 is 2.45 bits per heavy atom. The molecule has 0 aromatic carbocycles. The molecule has 1 aromatic heterocycles. The van der Waals surface area contributed by atoms with Gasteiger partial charge in [0.05, 0.1) is 11.9 Å². The van der Waals surface area contributed by atoms with Crippen LogP contribution in [0.4, 0.5) is 0 Å². The molecule has 0 atom stereocenters. The van der Waals surface area contributed by atoms with Gasteiger partial charge in [-0.3, -0.25) is 0 Å². The summed E-state index contributed by atoms with van der Waals surface area (Å²) in [4.78, 5) is 4.14. The SMILES string of the molecule is CCc1ncc(C(C)C)nn1. The molecule has 1 heterocycles. The van der Waals surface area contributed by atoms with E-state index in [1.54, 1.807) is 6.20 Å². The predicted molar refractivity (Wildman–Crippen MR) is 43.3 cm³/mol. The van der Waals surface area contributed by atoms with Gasteiger partial charge in [-0.05, 0) is 5.92 Å². The first-order valence-electron chi connectivity index (χ1n) is 3.92. The molecule has 0 aliphatic rings. The molecule has 0 aliphatic heterocycles. The number of nitrogens with zero attached hydrogens (tertiary/aromatic N) is 3. The average Bonchev–Trinajstić information content (AvgIpc) is 2.05.